The molecule has 33 heavy (non-hydrogen) atoms. The smallest absolute Gasteiger partial charge is 0.331 e. The third kappa shape index (κ3) is 2.14. The lowest BCUT2D eigenvalue weighted by atomic mass is 9.65. The number of esters is 2. The van der Waals surface area contributed by atoms with Crippen molar-refractivity contribution in [2.24, 2.45) is 16.7 Å². The zero-order chi connectivity index (χ0) is 23.1. The second-order valence-electron chi connectivity index (χ2n) is 11.6. The van der Waals surface area contributed by atoms with E-state index in [1.807, 2.05) is 26.8 Å². The van der Waals surface area contributed by atoms with Crippen LogP contribution >= 0.6 is 0 Å². The highest BCUT2D eigenvalue weighted by atomic mass is 16.7. The Kier molecular flexibility index (Phi) is 3.41. The van der Waals surface area contributed by atoms with Crippen LogP contribution < -0.4 is 0 Å². The fourth-order valence-corrected chi connectivity index (χ4v) is 8.31. The van der Waals surface area contributed by atoms with E-state index < -0.39 is 45.6 Å². The highest BCUT2D eigenvalue weighted by Gasteiger charge is 2.92. The molecule has 0 radical (unpaired) electrons. The predicted octanol–water partition coefficient (Wildman–Crippen LogP) is 2.95. The number of hydrogen-bond acceptors (Lipinski definition) is 8. The molecular weight excluding hydrogens is 428 g/mol. The summed E-state index contributed by atoms with van der Waals surface area (Å²) in [6, 6.07) is 1.83. The number of fused-ring (bicyclic) bond motifs is 1. The molecule has 2 aliphatic carbocycles. The molecule has 5 fully saturated rings. The van der Waals surface area contributed by atoms with Crippen molar-refractivity contribution in [2.75, 3.05) is 0 Å². The van der Waals surface area contributed by atoms with E-state index in [9.17, 15) is 14.7 Å². The Morgan fingerprint density at radius 2 is 1.97 bits per heavy atom. The maximum Gasteiger partial charge on any atom is 0.331 e. The van der Waals surface area contributed by atoms with E-state index in [0.29, 0.717) is 19.3 Å². The molecule has 1 N–H and O–H groups in total. The van der Waals surface area contributed by atoms with Crippen LogP contribution in [0.4, 0.5) is 0 Å². The van der Waals surface area contributed by atoms with Gasteiger partial charge in [-0.25, -0.2) is 4.79 Å². The van der Waals surface area contributed by atoms with E-state index >= 15 is 0 Å². The summed E-state index contributed by atoms with van der Waals surface area (Å²) in [6.45, 7) is 5.81. The van der Waals surface area contributed by atoms with Gasteiger partial charge in [0.05, 0.1) is 24.2 Å². The van der Waals surface area contributed by atoms with Gasteiger partial charge in [0, 0.05) is 35.8 Å². The molecular formula is C25H28O8. The third-order valence-corrected chi connectivity index (χ3v) is 9.61. The first kappa shape index (κ1) is 20.2. The zero-order valence-corrected chi connectivity index (χ0v) is 19.0. The van der Waals surface area contributed by atoms with Crippen molar-refractivity contribution in [3.8, 4) is 0 Å². The summed E-state index contributed by atoms with van der Waals surface area (Å²) in [7, 11) is 0. The van der Waals surface area contributed by atoms with Crippen LogP contribution in [0.3, 0.4) is 0 Å². The van der Waals surface area contributed by atoms with Crippen molar-refractivity contribution in [3.63, 3.8) is 0 Å². The Balaban J connectivity index is 1.24. The van der Waals surface area contributed by atoms with E-state index in [4.69, 9.17) is 23.4 Å². The Hall–Kier alpha value is -2.16. The Morgan fingerprint density at radius 1 is 1.15 bits per heavy atom. The number of rotatable bonds is 2. The average molecular weight is 456 g/mol. The number of hydrogen-bond donors (Lipinski definition) is 1. The lowest BCUT2D eigenvalue weighted by Gasteiger charge is -2.39. The molecule has 2 saturated carbocycles. The van der Waals surface area contributed by atoms with Crippen LogP contribution in [0.2, 0.25) is 0 Å². The molecule has 8 heteroatoms. The van der Waals surface area contributed by atoms with Crippen LogP contribution in [0.1, 0.15) is 64.5 Å². The van der Waals surface area contributed by atoms with Crippen LogP contribution in [0.25, 0.3) is 0 Å². The Morgan fingerprint density at radius 3 is 2.67 bits per heavy atom. The third-order valence-electron chi connectivity index (χ3n) is 9.61. The van der Waals surface area contributed by atoms with Crippen molar-refractivity contribution in [1.82, 2.24) is 0 Å². The Labute approximate surface area is 191 Å². The number of aliphatic hydroxyl groups is 1. The monoisotopic (exact) mass is 456 g/mol. The van der Waals surface area contributed by atoms with Crippen LogP contribution in [0.5, 0.6) is 0 Å². The summed E-state index contributed by atoms with van der Waals surface area (Å²) < 4.78 is 29.8. The van der Waals surface area contributed by atoms with E-state index in [1.165, 1.54) is 6.08 Å². The lowest BCUT2D eigenvalue weighted by Crippen LogP contribution is -2.54. The average Bonchev–Trinajstić information content (AvgIpc) is 3.20. The summed E-state index contributed by atoms with van der Waals surface area (Å²) in [6.07, 6.45) is 8.06. The highest BCUT2D eigenvalue weighted by Crippen LogP contribution is 2.85. The van der Waals surface area contributed by atoms with Gasteiger partial charge in [0.1, 0.15) is 22.7 Å². The van der Waals surface area contributed by atoms with Gasteiger partial charge < -0.3 is 28.5 Å². The number of furan rings is 1. The van der Waals surface area contributed by atoms with Gasteiger partial charge in [-0.05, 0) is 52.2 Å². The van der Waals surface area contributed by atoms with Crippen molar-refractivity contribution < 1.29 is 38.1 Å². The standard InChI is InChI=1S/C25H28O8/c1-20(2)15(21(3)7-5-17(26)32-21)10-23(33-20)13-25(28)16(31-23)4-8-22-12-24(22,25)19(27)30-18(22)14-6-9-29-11-14/h5-7,9,11,15-16,18,28H,4,8,10,12-13H2,1-3H3. The second-order valence-corrected chi connectivity index (χ2v) is 11.6. The molecule has 7 rings (SSSR count). The zero-order valence-electron chi connectivity index (χ0n) is 19.0. The number of carbonyl (C=O) groups is 2. The molecule has 1 spiro atoms. The van der Waals surface area contributed by atoms with Crippen molar-refractivity contribution in [1.29, 1.82) is 0 Å². The summed E-state index contributed by atoms with van der Waals surface area (Å²) in [4.78, 5) is 25.2. The van der Waals surface area contributed by atoms with Crippen molar-refractivity contribution in [2.45, 2.75) is 87.7 Å². The molecule has 4 aliphatic heterocycles. The summed E-state index contributed by atoms with van der Waals surface area (Å²) in [5.74, 6) is -1.95. The molecule has 176 valence electrons. The summed E-state index contributed by atoms with van der Waals surface area (Å²) >= 11 is 0. The Bertz CT molecular complexity index is 1110. The minimum Gasteiger partial charge on any atom is -0.472 e. The fourth-order valence-electron chi connectivity index (χ4n) is 8.31. The predicted molar refractivity (Wildman–Crippen MR) is 110 cm³/mol. The molecule has 1 aromatic heterocycles. The van der Waals surface area contributed by atoms with Gasteiger partial charge in [-0.1, -0.05) is 0 Å². The molecule has 8 unspecified atom stereocenters. The second kappa shape index (κ2) is 5.56. The molecule has 8 nitrogen and oxygen atoms in total. The van der Waals surface area contributed by atoms with E-state index in [-0.39, 0.29) is 24.3 Å². The minimum absolute atomic E-state index is 0.174. The summed E-state index contributed by atoms with van der Waals surface area (Å²) in [5.41, 5.74) is -3.47. The van der Waals surface area contributed by atoms with Gasteiger partial charge in [0.25, 0.3) is 0 Å². The van der Waals surface area contributed by atoms with Gasteiger partial charge in [-0.15, -0.1) is 0 Å². The van der Waals surface area contributed by atoms with E-state index in [0.717, 1.165) is 12.0 Å². The molecule has 0 aromatic carbocycles. The first-order chi connectivity index (χ1) is 15.5. The number of ether oxygens (including phenoxy) is 4. The molecule has 1 aromatic rings. The normalized spacial score (nSPS) is 53.0. The van der Waals surface area contributed by atoms with Crippen LogP contribution in [-0.4, -0.2) is 45.7 Å². The van der Waals surface area contributed by atoms with E-state index in [2.05, 4.69) is 0 Å². The van der Waals surface area contributed by atoms with Crippen LogP contribution in [0, 0.1) is 16.7 Å². The molecule has 5 heterocycles. The first-order valence-corrected chi connectivity index (χ1v) is 11.8. The highest BCUT2D eigenvalue weighted by molar-refractivity contribution is 5.88. The van der Waals surface area contributed by atoms with Gasteiger partial charge in [0.2, 0.25) is 0 Å². The summed E-state index contributed by atoms with van der Waals surface area (Å²) in [5, 5.41) is 12.2. The molecule has 0 bridgehead atoms. The molecule has 6 aliphatic rings. The minimum atomic E-state index is -1.38. The van der Waals surface area contributed by atoms with Gasteiger partial charge in [-0.3, -0.25) is 4.79 Å². The lowest BCUT2D eigenvalue weighted by molar-refractivity contribution is -0.240. The van der Waals surface area contributed by atoms with Gasteiger partial charge in [0.15, 0.2) is 5.79 Å². The molecule has 3 saturated heterocycles. The quantitative estimate of drug-likeness (QED) is 0.678. The SMILES string of the molecule is CC1(C)OC2(CC1C1(C)C=CC(=O)O1)CC1(O)C(CCC34CC13C(=O)OC4c1ccoc1)O2. The van der Waals surface area contributed by atoms with Gasteiger partial charge in [-0.2, -0.15) is 0 Å². The van der Waals surface area contributed by atoms with Crippen molar-refractivity contribution >= 4 is 11.9 Å². The molecule has 8 atom stereocenters. The van der Waals surface area contributed by atoms with Crippen molar-refractivity contribution in [3.05, 3.63) is 36.3 Å². The molecule has 0 amide bonds. The number of cyclic esters (lactones) is 2. The van der Waals surface area contributed by atoms with Crippen LogP contribution in [-0.2, 0) is 28.5 Å². The largest absolute Gasteiger partial charge is 0.472 e. The first-order valence-electron chi connectivity index (χ1n) is 11.8. The van der Waals surface area contributed by atoms with Crippen LogP contribution in [0.15, 0.2) is 35.2 Å². The topological polar surface area (TPSA) is 104 Å². The fraction of sp³-hybridized carbons (Fsp3) is 0.680. The van der Waals surface area contributed by atoms with E-state index in [1.54, 1.807) is 18.6 Å². The number of carbonyl (C=O) groups excluding carboxylic acids is 2. The maximum absolute atomic E-state index is 13.3. The maximum atomic E-state index is 13.3. The van der Waals surface area contributed by atoms with Gasteiger partial charge >= 0.3 is 11.9 Å².